The maximum Gasteiger partial charge on any atom is 0.0921 e. The third-order valence-electron chi connectivity index (χ3n) is 4.20. The highest BCUT2D eigenvalue weighted by Crippen LogP contribution is 2.57. The summed E-state index contributed by atoms with van der Waals surface area (Å²) >= 11 is 0. The molecular weight excluding hydrogens is 196 g/mol. The lowest BCUT2D eigenvalue weighted by molar-refractivity contribution is -0.0127. The van der Waals surface area contributed by atoms with E-state index in [-0.39, 0.29) is 5.41 Å². The van der Waals surface area contributed by atoms with Gasteiger partial charge in [-0.25, -0.2) is 0 Å². The molecule has 2 rings (SSSR count). The minimum absolute atomic E-state index is 0.0951. The standard InChI is InChI=1S/C15H22O/c1-4-6-12-7-5-8-13(11-12)15(3,16)14(2)9-10-14/h5,7-8,11,16H,4,6,9-10H2,1-3H3. The summed E-state index contributed by atoms with van der Waals surface area (Å²) in [7, 11) is 0. The van der Waals surface area contributed by atoms with Gasteiger partial charge in [0.1, 0.15) is 0 Å². The van der Waals surface area contributed by atoms with E-state index in [1.54, 1.807) is 0 Å². The Balaban J connectivity index is 2.29. The first kappa shape index (κ1) is 11.7. The minimum Gasteiger partial charge on any atom is -0.385 e. The molecule has 88 valence electrons. The molecule has 1 heteroatoms. The van der Waals surface area contributed by atoms with Gasteiger partial charge in [0.15, 0.2) is 0 Å². The Morgan fingerprint density at radius 1 is 1.38 bits per heavy atom. The molecule has 1 nitrogen and oxygen atoms in total. The van der Waals surface area contributed by atoms with Crippen molar-refractivity contribution in [3.8, 4) is 0 Å². The van der Waals surface area contributed by atoms with Crippen molar-refractivity contribution in [2.24, 2.45) is 5.41 Å². The molecule has 0 amide bonds. The van der Waals surface area contributed by atoms with Crippen LogP contribution in [-0.2, 0) is 12.0 Å². The van der Waals surface area contributed by atoms with Gasteiger partial charge in [-0.3, -0.25) is 0 Å². The molecule has 1 aromatic carbocycles. The molecule has 1 saturated carbocycles. The average Bonchev–Trinajstić information content (AvgIpc) is 2.99. The van der Waals surface area contributed by atoms with Crippen LogP contribution in [0.2, 0.25) is 0 Å². The Kier molecular flexibility index (Phi) is 2.83. The van der Waals surface area contributed by atoms with Crippen LogP contribution in [0, 0.1) is 5.41 Å². The fourth-order valence-electron chi connectivity index (χ4n) is 2.34. The number of aryl methyl sites for hydroxylation is 1. The molecule has 0 bridgehead atoms. The van der Waals surface area contributed by atoms with Gasteiger partial charge in [-0.15, -0.1) is 0 Å². The van der Waals surface area contributed by atoms with E-state index in [4.69, 9.17) is 0 Å². The van der Waals surface area contributed by atoms with Gasteiger partial charge in [0.05, 0.1) is 5.60 Å². The lowest BCUT2D eigenvalue weighted by Crippen LogP contribution is -2.31. The highest BCUT2D eigenvalue weighted by atomic mass is 16.3. The molecule has 16 heavy (non-hydrogen) atoms. The van der Waals surface area contributed by atoms with Crippen LogP contribution in [0.15, 0.2) is 24.3 Å². The SMILES string of the molecule is CCCc1cccc(C(C)(O)C2(C)CC2)c1. The summed E-state index contributed by atoms with van der Waals surface area (Å²) in [5, 5.41) is 10.7. The molecular formula is C15H22O. The quantitative estimate of drug-likeness (QED) is 0.818. The summed E-state index contributed by atoms with van der Waals surface area (Å²) in [6.07, 6.45) is 4.53. The Labute approximate surface area is 98.5 Å². The van der Waals surface area contributed by atoms with Crippen LogP contribution >= 0.6 is 0 Å². The largest absolute Gasteiger partial charge is 0.385 e. The van der Waals surface area contributed by atoms with Crippen LogP contribution < -0.4 is 0 Å². The van der Waals surface area contributed by atoms with Crippen molar-refractivity contribution >= 4 is 0 Å². The Morgan fingerprint density at radius 2 is 2.06 bits per heavy atom. The van der Waals surface area contributed by atoms with Gasteiger partial charge >= 0.3 is 0 Å². The Hall–Kier alpha value is -0.820. The number of hydrogen-bond donors (Lipinski definition) is 1. The monoisotopic (exact) mass is 218 g/mol. The Morgan fingerprint density at radius 3 is 2.62 bits per heavy atom. The second-order valence-electron chi connectivity index (χ2n) is 5.58. The molecule has 0 saturated heterocycles. The number of hydrogen-bond acceptors (Lipinski definition) is 1. The predicted molar refractivity (Wildman–Crippen MR) is 67.3 cm³/mol. The summed E-state index contributed by atoms with van der Waals surface area (Å²) in [6.45, 7) is 6.33. The Bertz CT molecular complexity index is 375. The van der Waals surface area contributed by atoms with Crippen LogP contribution in [0.5, 0.6) is 0 Å². The maximum absolute atomic E-state index is 10.7. The fourth-order valence-corrected chi connectivity index (χ4v) is 2.34. The molecule has 0 spiro atoms. The van der Waals surface area contributed by atoms with E-state index in [1.807, 2.05) is 6.92 Å². The minimum atomic E-state index is -0.670. The van der Waals surface area contributed by atoms with Gasteiger partial charge in [0.25, 0.3) is 0 Å². The topological polar surface area (TPSA) is 20.2 Å². The third kappa shape index (κ3) is 1.89. The van der Waals surface area contributed by atoms with Gasteiger partial charge in [-0.05, 0) is 37.3 Å². The second kappa shape index (κ2) is 3.89. The molecule has 0 heterocycles. The summed E-state index contributed by atoms with van der Waals surface area (Å²) in [5.74, 6) is 0. The smallest absolute Gasteiger partial charge is 0.0921 e. The van der Waals surface area contributed by atoms with Crippen molar-refractivity contribution in [3.05, 3.63) is 35.4 Å². The van der Waals surface area contributed by atoms with Crippen molar-refractivity contribution in [2.45, 2.75) is 52.1 Å². The van der Waals surface area contributed by atoms with Crippen molar-refractivity contribution in [1.82, 2.24) is 0 Å². The first-order valence-corrected chi connectivity index (χ1v) is 6.31. The van der Waals surface area contributed by atoms with Gasteiger partial charge in [0, 0.05) is 5.41 Å². The first-order chi connectivity index (χ1) is 7.49. The van der Waals surface area contributed by atoms with Crippen LogP contribution in [-0.4, -0.2) is 5.11 Å². The zero-order valence-corrected chi connectivity index (χ0v) is 10.6. The third-order valence-corrected chi connectivity index (χ3v) is 4.20. The molecule has 1 aromatic rings. The van der Waals surface area contributed by atoms with E-state index < -0.39 is 5.60 Å². The zero-order chi connectivity index (χ0) is 11.8. The van der Waals surface area contributed by atoms with Gasteiger partial charge in [-0.1, -0.05) is 44.5 Å². The fraction of sp³-hybridized carbons (Fsp3) is 0.600. The van der Waals surface area contributed by atoms with E-state index in [0.29, 0.717) is 0 Å². The zero-order valence-electron chi connectivity index (χ0n) is 10.6. The molecule has 0 aromatic heterocycles. The van der Waals surface area contributed by atoms with Crippen LogP contribution in [0.4, 0.5) is 0 Å². The van der Waals surface area contributed by atoms with Crippen molar-refractivity contribution in [1.29, 1.82) is 0 Å². The lowest BCUT2D eigenvalue weighted by atomic mass is 9.80. The van der Waals surface area contributed by atoms with Crippen LogP contribution in [0.25, 0.3) is 0 Å². The molecule has 1 aliphatic carbocycles. The lowest BCUT2D eigenvalue weighted by Gasteiger charge is -2.31. The summed E-state index contributed by atoms with van der Waals surface area (Å²) in [5.41, 5.74) is 1.84. The summed E-state index contributed by atoms with van der Waals surface area (Å²) in [6, 6.07) is 8.45. The molecule has 1 N–H and O–H groups in total. The van der Waals surface area contributed by atoms with Crippen molar-refractivity contribution < 1.29 is 5.11 Å². The van der Waals surface area contributed by atoms with E-state index in [1.165, 1.54) is 5.56 Å². The van der Waals surface area contributed by atoms with Gasteiger partial charge in [-0.2, -0.15) is 0 Å². The normalized spacial score (nSPS) is 21.5. The van der Waals surface area contributed by atoms with E-state index >= 15 is 0 Å². The predicted octanol–water partition coefficient (Wildman–Crippen LogP) is 3.65. The number of benzene rings is 1. The van der Waals surface area contributed by atoms with Crippen LogP contribution in [0.3, 0.4) is 0 Å². The molecule has 1 atom stereocenters. The van der Waals surface area contributed by atoms with Crippen molar-refractivity contribution in [2.75, 3.05) is 0 Å². The second-order valence-corrected chi connectivity index (χ2v) is 5.58. The first-order valence-electron chi connectivity index (χ1n) is 6.31. The van der Waals surface area contributed by atoms with E-state index in [9.17, 15) is 5.11 Å². The molecule has 0 radical (unpaired) electrons. The highest BCUT2D eigenvalue weighted by molar-refractivity contribution is 5.31. The molecule has 1 fully saturated rings. The maximum atomic E-state index is 10.7. The van der Waals surface area contributed by atoms with E-state index in [0.717, 1.165) is 31.2 Å². The average molecular weight is 218 g/mol. The van der Waals surface area contributed by atoms with E-state index in [2.05, 4.69) is 38.1 Å². The number of aliphatic hydroxyl groups is 1. The highest BCUT2D eigenvalue weighted by Gasteiger charge is 2.52. The summed E-state index contributed by atoms with van der Waals surface area (Å²) in [4.78, 5) is 0. The van der Waals surface area contributed by atoms with Crippen LogP contribution in [0.1, 0.15) is 51.2 Å². The summed E-state index contributed by atoms with van der Waals surface area (Å²) < 4.78 is 0. The number of rotatable bonds is 4. The molecule has 1 aliphatic rings. The van der Waals surface area contributed by atoms with Gasteiger partial charge in [0.2, 0.25) is 0 Å². The molecule has 0 aliphatic heterocycles. The molecule has 1 unspecified atom stereocenters. The van der Waals surface area contributed by atoms with Gasteiger partial charge < -0.3 is 5.11 Å². The van der Waals surface area contributed by atoms with Crippen molar-refractivity contribution in [3.63, 3.8) is 0 Å².